The van der Waals surface area contributed by atoms with E-state index in [-0.39, 0.29) is 31.7 Å². The summed E-state index contributed by atoms with van der Waals surface area (Å²) in [7, 11) is 5.43. The molecule has 13 nitrogen and oxygen atoms in total. The van der Waals surface area contributed by atoms with Crippen molar-refractivity contribution in [3.05, 3.63) is 114 Å². The molecular formula is C46H54N7O6P. The lowest BCUT2D eigenvalue weighted by Crippen LogP contribution is -2.39. The Labute approximate surface area is 354 Å². The fraction of sp³-hybridized carbons (Fsp3) is 0.391. The second-order valence-corrected chi connectivity index (χ2v) is 16.5. The summed E-state index contributed by atoms with van der Waals surface area (Å²) in [6.45, 7) is 8.78. The molecule has 314 valence electrons. The number of hydrogen-bond acceptors (Lipinski definition) is 11. The van der Waals surface area contributed by atoms with Crippen LogP contribution in [0.4, 0.5) is 5.82 Å². The molecule has 2 aromatic heterocycles. The summed E-state index contributed by atoms with van der Waals surface area (Å²) in [5.74, 6) is 4.71. The third-order valence-corrected chi connectivity index (χ3v) is 12.3. The average Bonchev–Trinajstić information content (AvgIpc) is 3.84. The number of aromatic nitrogens is 3. The molecule has 1 unspecified atom stereocenters. The number of benzene rings is 3. The van der Waals surface area contributed by atoms with Crippen LogP contribution in [0.25, 0.3) is 11.0 Å². The van der Waals surface area contributed by atoms with Gasteiger partial charge >= 0.3 is 0 Å². The summed E-state index contributed by atoms with van der Waals surface area (Å²) in [5, 5.41) is 10.1. The monoisotopic (exact) mass is 831 g/mol. The first-order valence-corrected chi connectivity index (χ1v) is 21.1. The smallest absolute Gasteiger partial charge is 0.259 e. The van der Waals surface area contributed by atoms with E-state index in [1.165, 1.54) is 6.33 Å². The van der Waals surface area contributed by atoms with Crippen molar-refractivity contribution >= 4 is 31.7 Å². The summed E-state index contributed by atoms with van der Waals surface area (Å²) >= 11 is 0. The molecule has 0 amide bonds. The minimum Gasteiger partial charge on any atom is -0.497 e. The normalized spacial score (nSPS) is 17.4. The Bertz CT molecular complexity index is 2210. The highest BCUT2D eigenvalue weighted by Gasteiger charge is 2.45. The SMILES string of the molecule is C#Cc1cn([C@H]2C[C@H](OP(OCCC#N)N(C(C)C)C(C)C)[C@@H](COC(c3ccccc3)(c3ccc(OC)cc3)c3ccc(OC)cc3)O2)c2ncnc(/N=C/N(C)C)c12. The van der Waals surface area contributed by atoms with E-state index in [2.05, 4.69) is 71.4 Å². The van der Waals surface area contributed by atoms with Gasteiger partial charge in [0.25, 0.3) is 8.53 Å². The van der Waals surface area contributed by atoms with Crippen molar-refractivity contribution in [1.29, 1.82) is 5.26 Å². The van der Waals surface area contributed by atoms with Crippen molar-refractivity contribution < 1.29 is 28.0 Å². The molecule has 0 aliphatic carbocycles. The van der Waals surface area contributed by atoms with Gasteiger partial charge in [-0.2, -0.15) is 5.26 Å². The molecule has 0 spiro atoms. The second-order valence-electron chi connectivity index (χ2n) is 15.1. The van der Waals surface area contributed by atoms with E-state index < -0.39 is 32.6 Å². The number of fused-ring (bicyclic) bond motifs is 1. The van der Waals surface area contributed by atoms with Gasteiger partial charge in [-0.25, -0.2) is 19.6 Å². The van der Waals surface area contributed by atoms with Crippen molar-refractivity contribution in [3.8, 4) is 29.9 Å². The van der Waals surface area contributed by atoms with Crippen LogP contribution in [0.3, 0.4) is 0 Å². The molecule has 1 saturated heterocycles. The van der Waals surface area contributed by atoms with Gasteiger partial charge in [-0.15, -0.1) is 6.42 Å². The molecule has 0 saturated carbocycles. The maximum atomic E-state index is 9.43. The molecule has 1 aliphatic rings. The zero-order valence-electron chi connectivity index (χ0n) is 35.6. The van der Waals surface area contributed by atoms with Gasteiger partial charge in [-0.3, -0.25) is 0 Å². The average molecular weight is 832 g/mol. The van der Waals surface area contributed by atoms with Crippen LogP contribution >= 0.6 is 8.53 Å². The van der Waals surface area contributed by atoms with Crippen LogP contribution in [0.15, 0.2) is 96.4 Å². The first-order valence-electron chi connectivity index (χ1n) is 20.0. The van der Waals surface area contributed by atoms with Crippen LogP contribution in [-0.4, -0.2) is 96.3 Å². The van der Waals surface area contributed by atoms with E-state index >= 15 is 0 Å². The Morgan fingerprint density at radius 2 is 1.57 bits per heavy atom. The highest BCUT2D eigenvalue weighted by molar-refractivity contribution is 7.44. The molecule has 5 aromatic rings. The van der Waals surface area contributed by atoms with E-state index in [9.17, 15) is 5.26 Å². The molecule has 0 bridgehead atoms. The number of nitriles is 1. The zero-order chi connectivity index (χ0) is 42.8. The predicted octanol–water partition coefficient (Wildman–Crippen LogP) is 8.61. The number of ether oxygens (including phenoxy) is 4. The molecule has 6 rings (SSSR count). The van der Waals surface area contributed by atoms with Crippen LogP contribution < -0.4 is 9.47 Å². The van der Waals surface area contributed by atoms with Crippen LogP contribution in [-0.2, 0) is 24.1 Å². The Morgan fingerprint density at radius 1 is 0.950 bits per heavy atom. The number of methoxy groups -OCH3 is 2. The van der Waals surface area contributed by atoms with Gasteiger partial charge in [0.2, 0.25) is 0 Å². The first-order chi connectivity index (χ1) is 29.0. The number of aliphatic imine (C=N–C) groups is 1. The third-order valence-electron chi connectivity index (χ3n) is 10.2. The highest BCUT2D eigenvalue weighted by atomic mass is 31.2. The lowest BCUT2D eigenvalue weighted by molar-refractivity contribution is -0.0911. The fourth-order valence-corrected chi connectivity index (χ4v) is 9.25. The fourth-order valence-electron chi connectivity index (χ4n) is 7.49. The van der Waals surface area contributed by atoms with Crippen molar-refractivity contribution in [1.82, 2.24) is 24.1 Å². The van der Waals surface area contributed by atoms with Gasteiger partial charge in [-0.05, 0) is 68.7 Å². The molecular weight excluding hydrogens is 778 g/mol. The zero-order valence-corrected chi connectivity index (χ0v) is 36.5. The van der Waals surface area contributed by atoms with Crippen molar-refractivity contribution in [3.63, 3.8) is 0 Å². The third kappa shape index (κ3) is 9.64. The lowest BCUT2D eigenvalue weighted by Gasteiger charge is -2.39. The second kappa shape index (κ2) is 20.3. The van der Waals surface area contributed by atoms with E-state index in [0.717, 1.165) is 28.2 Å². The molecule has 3 aromatic carbocycles. The molecule has 14 heteroatoms. The van der Waals surface area contributed by atoms with Gasteiger partial charge in [0, 0.05) is 38.8 Å². The Balaban J connectivity index is 1.47. The number of nitrogens with zero attached hydrogens (tertiary/aromatic N) is 7. The summed E-state index contributed by atoms with van der Waals surface area (Å²) in [6, 6.07) is 28.3. The quantitative estimate of drug-likeness (QED) is 0.0198. The molecule has 1 fully saturated rings. The number of rotatable bonds is 19. The molecule has 4 atom stereocenters. The Morgan fingerprint density at radius 3 is 2.12 bits per heavy atom. The first kappa shape index (κ1) is 44.2. The molecule has 0 N–H and O–H groups in total. The van der Waals surface area contributed by atoms with Gasteiger partial charge in [0.1, 0.15) is 41.4 Å². The number of terminal acetylenes is 1. The Kier molecular flexibility index (Phi) is 14.9. The van der Waals surface area contributed by atoms with Crippen molar-refractivity contribution in [2.75, 3.05) is 41.5 Å². The predicted molar refractivity (Wildman–Crippen MR) is 234 cm³/mol. The van der Waals surface area contributed by atoms with Crippen LogP contribution in [0.1, 0.15) is 69.0 Å². The van der Waals surface area contributed by atoms with Gasteiger partial charge in [0.15, 0.2) is 5.82 Å². The topological polar surface area (TPSA) is 129 Å². The minimum absolute atomic E-state index is 0.0892. The van der Waals surface area contributed by atoms with Crippen LogP contribution in [0.5, 0.6) is 11.5 Å². The van der Waals surface area contributed by atoms with Crippen LogP contribution in [0.2, 0.25) is 0 Å². The summed E-state index contributed by atoms with van der Waals surface area (Å²) in [6.07, 6.45) is 10.1. The summed E-state index contributed by atoms with van der Waals surface area (Å²) < 4.78 is 43.2. The molecule has 0 radical (unpaired) electrons. The van der Waals surface area contributed by atoms with Crippen molar-refractivity contribution in [2.45, 2.75) is 76.7 Å². The maximum absolute atomic E-state index is 9.43. The highest BCUT2D eigenvalue weighted by Crippen LogP contribution is 2.51. The van der Waals surface area contributed by atoms with Crippen LogP contribution in [0, 0.1) is 23.7 Å². The van der Waals surface area contributed by atoms with E-state index in [1.807, 2.05) is 96.5 Å². The van der Waals surface area contributed by atoms with E-state index in [1.54, 1.807) is 20.6 Å². The standard InChI is InChI=1S/C46H54N7O6P/c1-10-34-28-52(45-43(34)44(48-30-49-45)50-31-51(6)7)42-27-40(59-60(57-26-14-25-47)53(32(2)3)33(4)5)41(58-42)29-56-46(35-15-12-11-13-16-35,36-17-21-38(54-8)22-18-36)37-19-23-39(55-9)24-20-37/h1,11-13,15-24,28,30-33,40-42H,14,26-27,29H2,2-9H3/b50-31+/t40-,41+,42+,60?/m0/s1. The molecule has 3 heterocycles. The minimum atomic E-state index is -1.64. The molecule has 60 heavy (non-hydrogen) atoms. The largest absolute Gasteiger partial charge is 0.497 e. The summed E-state index contributed by atoms with van der Waals surface area (Å²) in [5.41, 5.74) is 2.76. The lowest BCUT2D eigenvalue weighted by atomic mass is 9.80. The Hall–Kier alpha value is -5.37. The van der Waals surface area contributed by atoms with Crippen molar-refractivity contribution in [2.24, 2.45) is 4.99 Å². The van der Waals surface area contributed by atoms with Gasteiger partial charge in [-0.1, -0.05) is 60.5 Å². The number of hydrogen-bond donors (Lipinski definition) is 0. The van der Waals surface area contributed by atoms with E-state index in [4.69, 9.17) is 34.4 Å². The van der Waals surface area contributed by atoms with Gasteiger partial charge < -0.3 is 37.5 Å². The molecule has 1 aliphatic heterocycles. The maximum Gasteiger partial charge on any atom is 0.259 e. The summed E-state index contributed by atoms with van der Waals surface area (Å²) in [4.78, 5) is 15.6. The van der Waals surface area contributed by atoms with Gasteiger partial charge in [0.05, 0.1) is 63.3 Å². The van der Waals surface area contributed by atoms with E-state index in [0.29, 0.717) is 28.8 Å².